The van der Waals surface area contributed by atoms with Crippen molar-refractivity contribution in [3.8, 4) is 0 Å². The van der Waals surface area contributed by atoms with Crippen molar-refractivity contribution in [3.63, 3.8) is 0 Å². The van der Waals surface area contributed by atoms with Gasteiger partial charge in [-0.15, -0.1) is 0 Å². The summed E-state index contributed by atoms with van der Waals surface area (Å²) in [5.41, 5.74) is -0.517. The summed E-state index contributed by atoms with van der Waals surface area (Å²) >= 11 is 0. The predicted molar refractivity (Wildman–Crippen MR) is 128 cm³/mol. The highest BCUT2D eigenvalue weighted by Gasteiger charge is 2.33. The first-order valence-electron chi connectivity index (χ1n) is 11.9. The molecular weight excluding hydrogens is 492 g/mol. The second-order valence-corrected chi connectivity index (χ2v) is 7.30. The van der Waals surface area contributed by atoms with Crippen LogP contribution < -0.4 is 0 Å². The minimum atomic E-state index is -1.32. The van der Waals surface area contributed by atoms with Crippen LogP contribution in [0.4, 0.5) is 0 Å². The Morgan fingerprint density at radius 1 is 0.541 bits per heavy atom. The largest absolute Gasteiger partial charge is 0.466 e. The molecule has 0 amide bonds. The standard InChI is InChI=1S/C25H36O12/c1-7-32-20(26)14-18(16(5)22(28)34-9-3)24(30)36-12-11-13-37-25(31)19(15-21(27)33-8-2)17(6)23(29)35-10-4/h18-19H,5-15H2,1-4H3. The Morgan fingerprint density at radius 2 is 0.865 bits per heavy atom. The quantitative estimate of drug-likeness (QED) is 0.110. The molecule has 0 spiro atoms. The van der Waals surface area contributed by atoms with Crippen LogP contribution in [-0.2, 0) is 57.2 Å². The Labute approximate surface area is 216 Å². The van der Waals surface area contributed by atoms with Gasteiger partial charge in [-0.05, 0) is 27.7 Å². The summed E-state index contributed by atoms with van der Waals surface area (Å²) in [6, 6.07) is 0. The van der Waals surface area contributed by atoms with Crippen molar-refractivity contribution in [1.82, 2.24) is 0 Å². The molecule has 12 heteroatoms. The normalized spacial score (nSPS) is 11.8. The van der Waals surface area contributed by atoms with Gasteiger partial charge in [0.2, 0.25) is 0 Å². The molecular formula is C25H36O12. The lowest BCUT2D eigenvalue weighted by Gasteiger charge is -2.18. The van der Waals surface area contributed by atoms with Crippen LogP contribution in [0.1, 0.15) is 47.0 Å². The van der Waals surface area contributed by atoms with Crippen LogP contribution in [0.25, 0.3) is 0 Å². The molecule has 208 valence electrons. The first-order chi connectivity index (χ1) is 17.5. The van der Waals surface area contributed by atoms with E-state index in [0.29, 0.717) is 0 Å². The van der Waals surface area contributed by atoms with Gasteiger partial charge in [-0.1, -0.05) is 13.2 Å². The van der Waals surface area contributed by atoms with Crippen molar-refractivity contribution in [1.29, 1.82) is 0 Å². The second-order valence-electron chi connectivity index (χ2n) is 7.30. The lowest BCUT2D eigenvalue weighted by atomic mass is 9.97. The molecule has 0 N–H and O–H groups in total. The zero-order valence-electron chi connectivity index (χ0n) is 21.8. The molecule has 37 heavy (non-hydrogen) atoms. The van der Waals surface area contributed by atoms with Crippen LogP contribution in [0.3, 0.4) is 0 Å². The van der Waals surface area contributed by atoms with Gasteiger partial charge in [0.05, 0.1) is 64.3 Å². The molecule has 0 aliphatic heterocycles. The number of esters is 6. The third-order valence-electron chi connectivity index (χ3n) is 4.62. The zero-order chi connectivity index (χ0) is 28.4. The number of carbonyl (C=O) groups excluding carboxylic acids is 6. The highest BCUT2D eigenvalue weighted by Crippen LogP contribution is 2.20. The third kappa shape index (κ3) is 12.7. The molecule has 0 fully saturated rings. The van der Waals surface area contributed by atoms with E-state index in [4.69, 9.17) is 28.4 Å². The van der Waals surface area contributed by atoms with E-state index in [1.165, 1.54) is 0 Å². The van der Waals surface area contributed by atoms with Crippen molar-refractivity contribution in [2.75, 3.05) is 39.6 Å². The number of carbonyl (C=O) groups is 6. The summed E-state index contributed by atoms with van der Waals surface area (Å²) in [6.07, 6.45) is -0.900. The van der Waals surface area contributed by atoms with Crippen molar-refractivity contribution < 1.29 is 57.2 Å². The Kier molecular flexibility index (Phi) is 16.7. The monoisotopic (exact) mass is 528 g/mol. The summed E-state index contributed by atoms with van der Waals surface area (Å²) in [5.74, 6) is -7.60. The number of ether oxygens (including phenoxy) is 6. The van der Waals surface area contributed by atoms with Crippen LogP contribution in [0.5, 0.6) is 0 Å². The fourth-order valence-electron chi connectivity index (χ4n) is 2.81. The number of hydrogen-bond donors (Lipinski definition) is 0. The fraction of sp³-hybridized carbons (Fsp3) is 0.600. The van der Waals surface area contributed by atoms with E-state index in [0.717, 1.165) is 0 Å². The SMILES string of the molecule is C=C(C(=O)OCC)C(CC(=O)OCC)C(=O)OCCCOC(=O)C(CC(=O)OCC)C(=C)C(=O)OCC. The molecule has 0 aliphatic rings. The van der Waals surface area contributed by atoms with Crippen molar-refractivity contribution >= 4 is 35.8 Å². The maximum absolute atomic E-state index is 12.5. The van der Waals surface area contributed by atoms with E-state index in [-0.39, 0.29) is 57.2 Å². The van der Waals surface area contributed by atoms with Gasteiger partial charge in [-0.3, -0.25) is 19.2 Å². The summed E-state index contributed by atoms with van der Waals surface area (Å²) in [6.45, 7) is 13.2. The van der Waals surface area contributed by atoms with Crippen LogP contribution in [0.2, 0.25) is 0 Å². The van der Waals surface area contributed by atoms with E-state index in [1.807, 2.05) is 0 Å². The van der Waals surface area contributed by atoms with E-state index in [2.05, 4.69) is 13.2 Å². The van der Waals surface area contributed by atoms with Gasteiger partial charge in [0.25, 0.3) is 0 Å². The third-order valence-corrected chi connectivity index (χ3v) is 4.62. The minimum Gasteiger partial charge on any atom is -0.466 e. The maximum atomic E-state index is 12.5. The van der Waals surface area contributed by atoms with E-state index in [9.17, 15) is 28.8 Å². The summed E-state index contributed by atoms with van der Waals surface area (Å²) < 4.78 is 29.6. The summed E-state index contributed by atoms with van der Waals surface area (Å²) in [4.78, 5) is 72.8. The van der Waals surface area contributed by atoms with E-state index >= 15 is 0 Å². The first kappa shape index (κ1) is 33.3. The maximum Gasteiger partial charge on any atom is 0.334 e. The lowest BCUT2D eigenvalue weighted by molar-refractivity contribution is -0.157. The second kappa shape index (κ2) is 18.6. The molecule has 0 aromatic carbocycles. The first-order valence-corrected chi connectivity index (χ1v) is 11.9. The number of rotatable bonds is 18. The highest BCUT2D eigenvalue weighted by molar-refractivity contribution is 5.97. The Hall–Kier alpha value is -3.70. The minimum absolute atomic E-state index is 0.0352. The Balaban J connectivity index is 5.02. The smallest absolute Gasteiger partial charge is 0.334 e. The molecule has 0 bridgehead atoms. The van der Waals surface area contributed by atoms with Crippen LogP contribution in [-0.4, -0.2) is 75.5 Å². The van der Waals surface area contributed by atoms with Crippen molar-refractivity contribution in [2.45, 2.75) is 47.0 Å². The molecule has 0 heterocycles. The van der Waals surface area contributed by atoms with E-state index in [1.54, 1.807) is 27.7 Å². The van der Waals surface area contributed by atoms with Crippen LogP contribution in [0.15, 0.2) is 24.3 Å². The predicted octanol–water partition coefficient (Wildman–Crippen LogP) is 1.84. The lowest BCUT2D eigenvalue weighted by Crippen LogP contribution is -2.29. The van der Waals surface area contributed by atoms with Gasteiger partial charge in [0.1, 0.15) is 0 Å². The molecule has 2 unspecified atom stereocenters. The van der Waals surface area contributed by atoms with Gasteiger partial charge in [-0.25, -0.2) is 9.59 Å². The van der Waals surface area contributed by atoms with E-state index < -0.39 is 60.5 Å². The average Bonchev–Trinajstić information content (AvgIpc) is 2.85. The summed E-state index contributed by atoms with van der Waals surface area (Å²) in [7, 11) is 0. The Bertz CT molecular complexity index is 777. The Morgan fingerprint density at radius 3 is 1.16 bits per heavy atom. The molecule has 0 aromatic rings. The molecule has 0 saturated heterocycles. The summed E-state index contributed by atoms with van der Waals surface area (Å²) in [5, 5.41) is 0. The van der Waals surface area contributed by atoms with Gasteiger partial charge >= 0.3 is 35.8 Å². The van der Waals surface area contributed by atoms with Gasteiger partial charge in [-0.2, -0.15) is 0 Å². The molecule has 0 aromatic heterocycles. The zero-order valence-corrected chi connectivity index (χ0v) is 21.8. The van der Waals surface area contributed by atoms with Gasteiger partial charge in [0, 0.05) is 17.6 Å². The van der Waals surface area contributed by atoms with Crippen molar-refractivity contribution in [3.05, 3.63) is 24.3 Å². The van der Waals surface area contributed by atoms with Gasteiger partial charge < -0.3 is 28.4 Å². The molecule has 0 radical (unpaired) electrons. The average molecular weight is 529 g/mol. The topological polar surface area (TPSA) is 158 Å². The van der Waals surface area contributed by atoms with Crippen LogP contribution in [0, 0.1) is 11.8 Å². The molecule has 0 rings (SSSR count). The molecule has 0 saturated carbocycles. The fourth-order valence-corrected chi connectivity index (χ4v) is 2.81. The molecule has 2 atom stereocenters. The molecule has 0 aliphatic carbocycles. The van der Waals surface area contributed by atoms with Crippen LogP contribution >= 0.6 is 0 Å². The molecule has 12 nitrogen and oxygen atoms in total. The highest BCUT2D eigenvalue weighted by atomic mass is 16.6. The number of hydrogen-bond acceptors (Lipinski definition) is 12. The van der Waals surface area contributed by atoms with Gasteiger partial charge in [0.15, 0.2) is 0 Å². The van der Waals surface area contributed by atoms with Crippen molar-refractivity contribution in [2.24, 2.45) is 11.8 Å².